The summed E-state index contributed by atoms with van der Waals surface area (Å²) in [7, 11) is 1.53. The van der Waals surface area contributed by atoms with Gasteiger partial charge in [0.15, 0.2) is 0 Å². The lowest BCUT2D eigenvalue weighted by molar-refractivity contribution is 0.136. The Labute approximate surface area is 156 Å². The third-order valence-electron chi connectivity index (χ3n) is 4.13. The minimum Gasteiger partial charge on any atom is -0.297 e. The Kier molecular flexibility index (Phi) is 4.73. The molecular weight excluding hydrogens is 359 g/mol. The molecule has 3 aromatic rings. The van der Waals surface area contributed by atoms with Gasteiger partial charge < -0.3 is 0 Å². The lowest BCUT2D eigenvalue weighted by Crippen LogP contribution is -2.11. The average Bonchev–Trinajstić information content (AvgIpc) is 2.79. The van der Waals surface area contributed by atoms with E-state index in [1.807, 2.05) is 37.5 Å². The molecular formula is C18H18Cl2N4O. The van der Waals surface area contributed by atoms with E-state index < -0.39 is 0 Å². The zero-order chi connectivity index (χ0) is 18.3. The summed E-state index contributed by atoms with van der Waals surface area (Å²) in [4.78, 5) is 14.2. The minimum atomic E-state index is 0.555. The maximum atomic E-state index is 6.44. The molecule has 0 radical (unpaired) electrons. The number of benzene rings is 1. The van der Waals surface area contributed by atoms with Crippen molar-refractivity contribution in [3.63, 3.8) is 0 Å². The second kappa shape index (κ2) is 6.67. The molecule has 5 nitrogen and oxygen atoms in total. The lowest BCUT2D eigenvalue weighted by atomic mass is 10.1. The Morgan fingerprint density at radius 1 is 1.20 bits per heavy atom. The summed E-state index contributed by atoms with van der Waals surface area (Å²) in [6, 6.07) is 5.42. The van der Waals surface area contributed by atoms with Gasteiger partial charge in [-0.1, -0.05) is 29.8 Å². The summed E-state index contributed by atoms with van der Waals surface area (Å²) in [6.07, 6.45) is 0. The standard InChI is InChI=1S/C18H18Cl2N4O/c1-9-11(3)24(15-7-6-13(19)8-14(15)20)18-16(9)17(10(2)23-25-5)21-12(4)22-18/h6-8,23H,2H2,1,3-5H3. The van der Waals surface area contributed by atoms with E-state index in [2.05, 4.69) is 22.0 Å². The third kappa shape index (κ3) is 2.99. The van der Waals surface area contributed by atoms with E-state index in [1.165, 1.54) is 7.11 Å². The van der Waals surface area contributed by atoms with Crippen molar-refractivity contribution in [2.45, 2.75) is 20.8 Å². The summed E-state index contributed by atoms with van der Waals surface area (Å²) < 4.78 is 2.02. The molecule has 2 heterocycles. The van der Waals surface area contributed by atoms with Crippen molar-refractivity contribution in [1.82, 2.24) is 20.0 Å². The number of halogens is 2. The van der Waals surface area contributed by atoms with E-state index in [9.17, 15) is 0 Å². The van der Waals surface area contributed by atoms with Gasteiger partial charge in [-0.05, 0) is 44.5 Å². The molecule has 130 valence electrons. The highest BCUT2D eigenvalue weighted by Gasteiger charge is 2.21. The highest BCUT2D eigenvalue weighted by molar-refractivity contribution is 6.35. The van der Waals surface area contributed by atoms with Crippen LogP contribution in [0.2, 0.25) is 10.0 Å². The van der Waals surface area contributed by atoms with Gasteiger partial charge in [0.25, 0.3) is 0 Å². The molecule has 0 bridgehead atoms. The molecule has 0 amide bonds. The van der Waals surface area contributed by atoms with Crippen molar-refractivity contribution in [2.24, 2.45) is 0 Å². The van der Waals surface area contributed by atoms with Gasteiger partial charge in [0.2, 0.25) is 0 Å². The van der Waals surface area contributed by atoms with Crippen LogP contribution in [-0.2, 0) is 4.84 Å². The molecule has 0 aliphatic heterocycles. The number of fused-ring (bicyclic) bond motifs is 1. The summed E-state index contributed by atoms with van der Waals surface area (Å²) in [5, 5.41) is 2.05. The van der Waals surface area contributed by atoms with Crippen molar-refractivity contribution in [3.05, 3.63) is 57.6 Å². The number of nitrogens with zero attached hydrogens (tertiary/aromatic N) is 3. The zero-order valence-corrected chi connectivity index (χ0v) is 16.0. The van der Waals surface area contributed by atoms with Gasteiger partial charge in [0.1, 0.15) is 17.2 Å². The molecule has 25 heavy (non-hydrogen) atoms. The Bertz CT molecular complexity index is 995. The van der Waals surface area contributed by atoms with Gasteiger partial charge in [0, 0.05) is 10.7 Å². The second-order valence-corrected chi connectivity index (χ2v) is 6.59. The number of hydroxylamine groups is 1. The van der Waals surface area contributed by atoms with Gasteiger partial charge in [0.05, 0.1) is 28.9 Å². The van der Waals surface area contributed by atoms with Crippen LogP contribution in [0.3, 0.4) is 0 Å². The fraction of sp³-hybridized carbons (Fsp3) is 0.222. The van der Waals surface area contributed by atoms with Crippen LogP contribution in [0.4, 0.5) is 0 Å². The fourth-order valence-corrected chi connectivity index (χ4v) is 3.41. The summed E-state index contributed by atoms with van der Waals surface area (Å²) in [6.45, 7) is 9.90. The molecule has 0 saturated carbocycles. The Hall–Kier alpha value is -2.08. The van der Waals surface area contributed by atoms with E-state index in [1.54, 1.807) is 6.07 Å². The molecule has 0 aliphatic carbocycles. The molecule has 0 atom stereocenters. The smallest absolute Gasteiger partial charge is 0.149 e. The van der Waals surface area contributed by atoms with Crippen molar-refractivity contribution in [2.75, 3.05) is 7.11 Å². The van der Waals surface area contributed by atoms with Crippen molar-refractivity contribution in [1.29, 1.82) is 0 Å². The molecule has 0 spiro atoms. The van der Waals surface area contributed by atoms with Gasteiger partial charge in [-0.2, -0.15) is 0 Å². The highest BCUT2D eigenvalue weighted by atomic mass is 35.5. The summed E-state index contributed by atoms with van der Waals surface area (Å²) >= 11 is 12.5. The Morgan fingerprint density at radius 3 is 2.56 bits per heavy atom. The van der Waals surface area contributed by atoms with Crippen molar-refractivity contribution >= 4 is 39.9 Å². The molecule has 2 aromatic heterocycles. The highest BCUT2D eigenvalue weighted by Crippen LogP contribution is 2.34. The third-order valence-corrected chi connectivity index (χ3v) is 4.67. The first kappa shape index (κ1) is 17.7. The first-order valence-electron chi connectivity index (χ1n) is 7.65. The molecule has 0 fully saturated rings. The number of aryl methyl sites for hydroxylation is 2. The van der Waals surface area contributed by atoms with Crippen LogP contribution in [0.25, 0.3) is 22.4 Å². The van der Waals surface area contributed by atoms with Crippen LogP contribution in [0.5, 0.6) is 0 Å². The normalized spacial score (nSPS) is 11.1. The lowest BCUT2D eigenvalue weighted by Gasteiger charge is -2.12. The Balaban J connectivity index is 2.38. The van der Waals surface area contributed by atoms with E-state index in [0.717, 1.165) is 28.0 Å². The van der Waals surface area contributed by atoms with E-state index in [-0.39, 0.29) is 0 Å². The monoisotopic (exact) mass is 376 g/mol. The topological polar surface area (TPSA) is 52.0 Å². The molecule has 0 saturated heterocycles. The number of rotatable bonds is 4. The van der Waals surface area contributed by atoms with Crippen molar-refractivity contribution in [3.8, 4) is 5.69 Å². The number of aromatic nitrogens is 3. The average molecular weight is 377 g/mol. The predicted octanol–water partition coefficient (Wildman–Crippen LogP) is 4.77. The molecule has 7 heteroatoms. The van der Waals surface area contributed by atoms with Crippen LogP contribution >= 0.6 is 23.2 Å². The van der Waals surface area contributed by atoms with Gasteiger partial charge in [-0.25, -0.2) is 9.97 Å². The Morgan fingerprint density at radius 2 is 1.92 bits per heavy atom. The quantitative estimate of drug-likeness (QED) is 0.666. The van der Waals surface area contributed by atoms with Gasteiger partial charge >= 0.3 is 0 Å². The molecule has 0 unspecified atom stereocenters. The van der Waals surface area contributed by atoms with Crippen LogP contribution < -0.4 is 5.48 Å². The minimum absolute atomic E-state index is 0.555. The van der Waals surface area contributed by atoms with E-state index >= 15 is 0 Å². The van der Waals surface area contributed by atoms with E-state index in [0.29, 0.717) is 27.3 Å². The number of hydrogen-bond acceptors (Lipinski definition) is 4. The summed E-state index contributed by atoms with van der Waals surface area (Å²) in [5.41, 5.74) is 7.68. The molecule has 0 aliphatic rings. The maximum absolute atomic E-state index is 6.44. The van der Waals surface area contributed by atoms with Gasteiger partial charge in [-0.15, -0.1) is 0 Å². The van der Waals surface area contributed by atoms with Crippen LogP contribution in [0.15, 0.2) is 24.8 Å². The van der Waals surface area contributed by atoms with Crippen molar-refractivity contribution < 1.29 is 4.84 Å². The first-order chi connectivity index (χ1) is 11.8. The van der Waals surface area contributed by atoms with E-state index in [4.69, 9.17) is 28.0 Å². The SMILES string of the molecule is C=C(NOC)c1nc(C)nc2c1c(C)c(C)n2-c1ccc(Cl)cc1Cl. The zero-order valence-electron chi connectivity index (χ0n) is 14.4. The summed E-state index contributed by atoms with van der Waals surface area (Å²) in [5.74, 6) is 0.630. The molecule has 1 aromatic carbocycles. The van der Waals surface area contributed by atoms with Gasteiger partial charge in [-0.3, -0.25) is 14.9 Å². The first-order valence-corrected chi connectivity index (χ1v) is 8.40. The van der Waals surface area contributed by atoms with Crippen LogP contribution in [0.1, 0.15) is 22.8 Å². The molecule has 1 N–H and O–H groups in total. The van der Waals surface area contributed by atoms with Crippen LogP contribution in [-0.4, -0.2) is 21.6 Å². The maximum Gasteiger partial charge on any atom is 0.149 e. The fourth-order valence-electron chi connectivity index (χ4n) is 2.92. The number of hydrogen-bond donors (Lipinski definition) is 1. The largest absolute Gasteiger partial charge is 0.297 e. The second-order valence-electron chi connectivity index (χ2n) is 5.74. The molecule has 3 rings (SSSR count). The number of nitrogens with one attached hydrogen (secondary N) is 1. The van der Waals surface area contributed by atoms with Crippen LogP contribution in [0, 0.1) is 20.8 Å². The predicted molar refractivity (Wildman–Crippen MR) is 102 cm³/mol.